The van der Waals surface area contributed by atoms with E-state index in [0.717, 1.165) is 35.1 Å². The van der Waals surface area contributed by atoms with E-state index < -0.39 is 0 Å². The average Bonchev–Trinajstić information content (AvgIpc) is 2.80. The first-order valence-corrected chi connectivity index (χ1v) is 7.99. The van der Waals surface area contributed by atoms with Gasteiger partial charge < -0.3 is 15.2 Å². The number of para-hydroxylation sites is 2. The van der Waals surface area contributed by atoms with E-state index in [2.05, 4.69) is 37.5 Å². The minimum Gasteiger partial charge on any atom is -0.356 e. The highest BCUT2D eigenvalue weighted by Crippen LogP contribution is 2.13. The lowest BCUT2D eigenvalue weighted by atomic mass is 10.3. The number of aromatic nitrogens is 2. The van der Waals surface area contributed by atoms with Crippen LogP contribution >= 0.6 is 35.7 Å². The van der Waals surface area contributed by atoms with Crippen molar-refractivity contribution < 1.29 is 0 Å². The number of imidazole rings is 1. The Morgan fingerprint density at radius 3 is 2.76 bits per heavy atom. The maximum Gasteiger partial charge on any atom is 0.191 e. The number of hydrogen-bond donors (Lipinski definition) is 2. The quantitative estimate of drug-likeness (QED) is 0.338. The molecule has 21 heavy (non-hydrogen) atoms. The Morgan fingerprint density at radius 2 is 2.10 bits per heavy atom. The highest BCUT2D eigenvalue weighted by molar-refractivity contribution is 14.0. The van der Waals surface area contributed by atoms with Crippen LogP contribution in [0.5, 0.6) is 0 Å². The maximum atomic E-state index is 4.63. The molecule has 0 amide bonds. The summed E-state index contributed by atoms with van der Waals surface area (Å²) in [5.74, 6) is 2.87. The molecule has 116 valence electrons. The number of benzene rings is 1. The molecule has 0 bridgehead atoms. The van der Waals surface area contributed by atoms with Crippen molar-refractivity contribution in [1.82, 2.24) is 20.2 Å². The fourth-order valence-corrected chi connectivity index (χ4v) is 2.31. The van der Waals surface area contributed by atoms with Crippen LogP contribution in [-0.4, -0.2) is 41.1 Å². The van der Waals surface area contributed by atoms with E-state index in [9.17, 15) is 0 Å². The lowest BCUT2D eigenvalue weighted by Gasteiger charge is -2.11. The molecule has 1 aromatic heterocycles. The maximum absolute atomic E-state index is 4.63. The molecule has 7 heteroatoms. The topological polar surface area (TPSA) is 54.2 Å². The monoisotopic (exact) mass is 419 g/mol. The summed E-state index contributed by atoms with van der Waals surface area (Å²) in [6.07, 6.45) is 2.09. The Hall–Kier alpha value is -0.960. The van der Waals surface area contributed by atoms with E-state index in [0.29, 0.717) is 6.54 Å². The smallest absolute Gasteiger partial charge is 0.191 e. The van der Waals surface area contributed by atoms with Crippen LogP contribution < -0.4 is 10.6 Å². The summed E-state index contributed by atoms with van der Waals surface area (Å²) in [5.41, 5.74) is 2.17. The summed E-state index contributed by atoms with van der Waals surface area (Å²) >= 11 is 1.81. The van der Waals surface area contributed by atoms with Crippen LogP contribution in [0.1, 0.15) is 5.82 Å². The molecule has 0 saturated carbocycles. The third kappa shape index (κ3) is 4.77. The highest BCUT2D eigenvalue weighted by Gasteiger charge is 2.07. The molecule has 0 saturated heterocycles. The predicted molar refractivity (Wildman–Crippen MR) is 103 cm³/mol. The first-order valence-electron chi connectivity index (χ1n) is 6.60. The molecule has 1 aromatic carbocycles. The van der Waals surface area contributed by atoms with Gasteiger partial charge in [-0.15, -0.1) is 24.0 Å². The number of fused-ring (bicyclic) bond motifs is 1. The number of halogens is 1. The summed E-state index contributed by atoms with van der Waals surface area (Å²) in [7, 11) is 3.82. The largest absolute Gasteiger partial charge is 0.356 e. The zero-order chi connectivity index (χ0) is 14.4. The standard InChI is InChI=1S/C14H21N5S.HI/c1-15-14(16-8-9-20-3)17-10-13-18-11-6-4-5-7-12(11)19(13)2;/h4-7H,8-10H2,1-3H3,(H2,15,16,17);1H. The zero-order valence-corrected chi connectivity index (χ0v) is 15.7. The van der Waals surface area contributed by atoms with Crippen LogP contribution in [-0.2, 0) is 13.6 Å². The number of aliphatic imine (C=N–C) groups is 1. The molecule has 0 spiro atoms. The van der Waals surface area contributed by atoms with Gasteiger partial charge in [-0.3, -0.25) is 4.99 Å². The summed E-state index contributed by atoms with van der Waals surface area (Å²) in [5, 5.41) is 6.57. The molecule has 0 aliphatic heterocycles. The molecule has 0 atom stereocenters. The summed E-state index contributed by atoms with van der Waals surface area (Å²) in [4.78, 5) is 8.84. The van der Waals surface area contributed by atoms with Crippen molar-refractivity contribution >= 4 is 52.7 Å². The molecular weight excluding hydrogens is 397 g/mol. The molecule has 5 nitrogen and oxygen atoms in total. The second kappa shape index (κ2) is 9.14. The van der Waals surface area contributed by atoms with Gasteiger partial charge in [0.1, 0.15) is 5.82 Å². The van der Waals surface area contributed by atoms with Crippen molar-refractivity contribution in [3.8, 4) is 0 Å². The molecule has 0 aliphatic carbocycles. The Kier molecular flexibility index (Phi) is 7.87. The molecule has 2 rings (SSSR count). The van der Waals surface area contributed by atoms with Crippen LogP contribution in [0.15, 0.2) is 29.3 Å². The number of hydrogen-bond acceptors (Lipinski definition) is 3. The van der Waals surface area contributed by atoms with Crippen LogP contribution in [0.4, 0.5) is 0 Å². The van der Waals surface area contributed by atoms with Crippen molar-refractivity contribution in [1.29, 1.82) is 0 Å². The van der Waals surface area contributed by atoms with Crippen molar-refractivity contribution in [2.75, 3.05) is 25.6 Å². The van der Waals surface area contributed by atoms with Gasteiger partial charge in [-0.05, 0) is 18.4 Å². The lowest BCUT2D eigenvalue weighted by molar-refractivity contribution is 0.743. The van der Waals surface area contributed by atoms with Crippen LogP contribution in [0.3, 0.4) is 0 Å². The first-order chi connectivity index (χ1) is 9.76. The van der Waals surface area contributed by atoms with Gasteiger partial charge in [0, 0.05) is 26.4 Å². The number of rotatable bonds is 5. The van der Waals surface area contributed by atoms with Crippen LogP contribution in [0.2, 0.25) is 0 Å². The van der Waals surface area contributed by atoms with Crippen molar-refractivity contribution in [2.45, 2.75) is 6.54 Å². The first kappa shape index (κ1) is 18.1. The van der Waals surface area contributed by atoms with E-state index in [1.54, 1.807) is 7.05 Å². The lowest BCUT2D eigenvalue weighted by Crippen LogP contribution is -2.38. The average molecular weight is 419 g/mol. The third-order valence-corrected chi connectivity index (χ3v) is 3.73. The molecule has 0 unspecified atom stereocenters. The Labute approximate surface area is 147 Å². The molecule has 2 N–H and O–H groups in total. The van der Waals surface area contributed by atoms with Crippen LogP contribution in [0, 0.1) is 0 Å². The summed E-state index contributed by atoms with van der Waals surface area (Å²) < 4.78 is 2.11. The Balaban J connectivity index is 0.00000220. The van der Waals surface area contributed by atoms with Gasteiger partial charge in [-0.25, -0.2) is 4.98 Å². The molecular formula is C14H22IN5S. The van der Waals surface area contributed by atoms with E-state index in [-0.39, 0.29) is 24.0 Å². The molecule has 2 aromatic rings. The normalized spacial score (nSPS) is 11.3. The minimum absolute atomic E-state index is 0. The minimum atomic E-state index is 0. The van der Waals surface area contributed by atoms with Gasteiger partial charge in [0.2, 0.25) is 0 Å². The summed E-state index contributed by atoms with van der Waals surface area (Å²) in [6.45, 7) is 1.56. The number of guanidine groups is 1. The van der Waals surface area contributed by atoms with Gasteiger partial charge in [0.25, 0.3) is 0 Å². The zero-order valence-electron chi connectivity index (χ0n) is 12.6. The van der Waals surface area contributed by atoms with Crippen LogP contribution in [0.25, 0.3) is 11.0 Å². The molecule has 0 aliphatic rings. The van der Waals surface area contributed by atoms with Gasteiger partial charge in [0.15, 0.2) is 5.96 Å². The van der Waals surface area contributed by atoms with Gasteiger partial charge in [0.05, 0.1) is 17.6 Å². The van der Waals surface area contributed by atoms with Crippen molar-refractivity contribution in [3.05, 3.63) is 30.1 Å². The van der Waals surface area contributed by atoms with Gasteiger partial charge >= 0.3 is 0 Å². The molecule has 0 fully saturated rings. The second-order valence-corrected chi connectivity index (χ2v) is 5.41. The fourth-order valence-electron chi connectivity index (χ4n) is 2.01. The SMILES string of the molecule is CN=C(NCCSC)NCc1nc2ccccc2n1C.I. The fraction of sp³-hybridized carbons (Fsp3) is 0.429. The van der Waals surface area contributed by atoms with Crippen molar-refractivity contribution in [3.63, 3.8) is 0 Å². The van der Waals surface area contributed by atoms with E-state index >= 15 is 0 Å². The van der Waals surface area contributed by atoms with Gasteiger partial charge in [-0.1, -0.05) is 12.1 Å². The molecule has 0 radical (unpaired) electrons. The number of nitrogens with one attached hydrogen (secondary N) is 2. The second-order valence-electron chi connectivity index (χ2n) is 4.42. The number of nitrogens with zero attached hydrogens (tertiary/aromatic N) is 3. The van der Waals surface area contributed by atoms with E-state index in [1.165, 1.54) is 0 Å². The predicted octanol–water partition coefficient (Wildman–Crippen LogP) is 2.22. The van der Waals surface area contributed by atoms with E-state index in [4.69, 9.17) is 0 Å². The van der Waals surface area contributed by atoms with E-state index in [1.807, 2.05) is 37.0 Å². The number of aryl methyl sites for hydroxylation is 1. The third-order valence-electron chi connectivity index (χ3n) is 3.12. The number of thioether (sulfide) groups is 1. The molecule has 1 heterocycles. The van der Waals surface area contributed by atoms with Gasteiger partial charge in [-0.2, -0.15) is 11.8 Å². The summed E-state index contributed by atoms with van der Waals surface area (Å²) in [6, 6.07) is 8.15. The van der Waals surface area contributed by atoms with Crippen molar-refractivity contribution in [2.24, 2.45) is 12.0 Å². The Morgan fingerprint density at radius 1 is 1.33 bits per heavy atom. The Bertz CT molecular complexity index is 596. The highest BCUT2D eigenvalue weighted by atomic mass is 127.